The summed E-state index contributed by atoms with van der Waals surface area (Å²) in [7, 11) is 1.18. The molecule has 0 rings (SSSR count). The van der Waals surface area contributed by atoms with E-state index in [0.717, 1.165) is 38.5 Å². The summed E-state index contributed by atoms with van der Waals surface area (Å²) in [4.78, 5) is 37.8. The van der Waals surface area contributed by atoms with Crippen molar-refractivity contribution in [1.82, 2.24) is 0 Å². The smallest absolute Gasteiger partial charge is 0.306 e. The SMILES string of the molecule is CCCCCCCC/C=C/CCCCCCCCCCCCCC(=O)O[C@H](COC(=O)CCCCCCCCCCCCCCCCCCCC)COP(=O)([O-])OCC[N+](C)(C)C. The van der Waals surface area contributed by atoms with Gasteiger partial charge in [-0.05, 0) is 38.5 Å². The molecule has 0 aliphatic carbocycles. The average molecular weight is 914 g/mol. The van der Waals surface area contributed by atoms with E-state index in [2.05, 4.69) is 26.0 Å². The maximum Gasteiger partial charge on any atom is 0.306 e. The molecule has 2 atom stereocenters. The highest BCUT2D eigenvalue weighted by Gasteiger charge is 2.21. The molecule has 374 valence electrons. The summed E-state index contributed by atoms with van der Waals surface area (Å²) in [5, 5.41) is 0. The van der Waals surface area contributed by atoms with Gasteiger partial charge in [-0.2, -0.15) is 0 Å². The zero-order chi connectivity index (χ0) is 46.4. The minimum absolute atomic E-state index is 0.0272. The van der Waals surface area contributed by atoms with E-state index in [9.17, 15) is 19.0 Å². The first-order chi connectivity index (χ1) is 30.5. The van der Waals surface area contributed by atoms with E-state index in [0.29, 0.717) is 17.4 Å². The fourth-order valence-corrected chi connectivity index (χ4v) is 8.56. The summed E-state index contributed by atoms with van der Waals surface area (Å²) in [6, 6.07) is 0. The molecule has 9 nitrogen and oxygen atoms in total. The van der Waals surface area contributed by atoms with Crippen LogP contribution in [0, 0.1) is 0 Å². The molecule has 0 aromatic heterocycles. The van der Waals surface area contributed by atoms with Crippen LogP contribution in [-0.2, 0) is 32.7 Å². The number of esters is 2. The summed E-state index contributed by atoms with van der Waals surface area (Å²) in [5.74, 6) is -0.818. The molecule has 0 radical (unpaired) electrons. The van der Waals surface area contributed by atoms with Crippen molar-refractivity contribution in [2.75, 3.05) is 47.5 Å². The van der Waals surface area contributed by atoms with Crippen LogP contribution in [0.5, 0.6) is 0 Å². The molecule has 0 amide bonds. The lowest BCUT2D eigenvalue weighted by Gasteiger charge is -2.28. The van der Waals surface area contributed by atoms with Crippen molar-refractivity contribution in [3.63, 3.8) is 0 Å². The fourth-order valence-electron chi connectivity index (χ4n) is 7.83. The normalized spacial score (nSPS) is 13.4. The molecule has 63 heavy (non-hydrogen) atoms. The predicted octanol–water partition coefficient (Wildman–Crippen LogP) is 15.5. The van der Waals surface area contributed by atoms with E-state index in [1.165, 1.54) is 193 Å². The third kappa shape index (κ3) is 50.0. The monoisotopic (exact) mass is 914 g/mol. The van der Waals surface area contributed by atoms with Gasteiger partial charge in [-0.1, -0.05) is 225 Å². The van der Waals surface area contributed by atoms with E-state index >= 15 is 0 Å². The second-order valence-corrected chi connectivity index (χ2v) is 21.0. The number of unbranched alkanes of at least 4 members (excludes halogenated alkanes) is 34. The van der Waals surface area contributed by atoms with Crippen molar-refractivity contribution in [2.45, 2.75) is 270 Å². The number of quaternary nitrogens is 1. The van der Waals surface area contributed by atoms with Gasteiger partial charge in [-0.25, -0.2) is 0 Å². The maximum absolute atomic E-state index is 12.8. The Morgan fingerprint density at radius 1 is 0.476 bits per heavy atom. The van der Waals surface area contributed by atoms with Gasteiger partial charge in [-0.15, -0.1) is 0 Å². The van der Waals surface area contributed by atoms with Crippen LogP contribution in [0.3, 0.4) is 0 Å². The molecule has 0 N–H and O–H groups in total. The minimum Gasteiger partial charge on any atom is -0.756 e. The summed E-state index contributed by atoms with van der Waals surface area (Å²) >= 11 is 0. The standard InChI is InChI=1S/C53H104NO8P/c1-6-8-10-12-14-16-18-20-22-24-26-27-28-30-32-34-36-38-40-42-44-46-53(56)62-51(50-61-63(57,58)60-48-47-54(3,4)5)49-59-52(55)45-43-41-39-37-35-33-31-29-25-23-21-19-17-15-13-11-9-7-2/h20,22,51H,6-19,21,23-50H2,1-5H3/b22-20+/t51-/m1/s1. The number of likely N-dealkylation sites (N-methyl/N-ethyl adjacent to an activating group) is 1. The molecule has 0 aliphatic heterocycles. The van der Waals surface area contributed by atoms with Gasteiger partial charge >= 0.3 is 11.9 Å². The van der Waals surface area contributed by atoms with Gasteiger partial charge in [0.1, 0.15) is 19.8 Å². The van der Waals surface area contributed by atoms with Crippen LogP contribution in [0.4, 0.5) is 0 Å². The van der Waals surface area contributed by atoms with Gasteiger partial charge in [0.25, 0.3) is 7.82 Å². The van der Waals surface area contributed by atoms with Crippen LogP contribution in [0.25, 0.3) is 0 Å². The van der Waals surface area contributed by atoms with E-state index in [-0.39, 0.29) is 32.0 Å². The Hall–Kier alpha value is -1.25. The van der Waals surface area contributed by atoms with Crippen molar-refractivity contribution < 1.29 is 42.1 Å². The maximum atomic E-state index is 12.8. The molecule has 0 saturated heterocycles. The lowest BCUT2D eigenvalue weighted by molar-refractivity contribution is -0.870. The van der Waals surface area contributed by atoms with Gasteiger partial charge in [-0.3, -0.25) is 14.2 Å². The first kappa shape index (κ1) is 61.8. The highest BCUT2D eigenvalue weighted by atomic mass is 31.2. The van der Waals surface area contributed by atoms with Crippen molar-refractivity contribution in [2.24, 2.45) is 0 Å². The zero-order valence-corrected chi connectivity index (χ0v) is 43.2. The molecule has 0 saturated carbocycles. The zero-order valence-electron chi connectivity index (χ0n) is 42.3. The van der Waals surface area contributed by atoms with Crippen LogP contribution >= 0.6 is 7.82 Å². The van der Waals surface area contributed by atoms with Gasteiger partial charge in [0.2, 0.25) is 0 Å². The van der Waals surface area contributed by atoms with E-state index in [1.807, 2.05) is 21.1 Å². The number of allylic oxidation sites excluding steroid dienone is 2. The topological polar surface area (TPSA) is 111 Å². The summed E-state index contributed by atoms with van der Waals surface area (Å²) in [6.07, 6.45) is 51.0. The summed E-state index contributed by atoms with van der Waals surface area (Å²) < 4.78 is 34.1. The summed E-state index contributed by atoms with van der Waals surface area (Å²) in [5.41, 5.74) is 0. The number of phosphoric ester groups is 1. The number of carbonyl (C=O) groups excluding carboxylic acids is 2. The third-order valence-corrected chi connectivity index (χ3v) is 13.0. The van der Waals surface area contributed by atoms with E-state index < -0.39 is 26.5 Å². The molecule has 0 spiro atoms. The Kier molecular flexibility index (Phi) is 45.0. The first-order valence-corrected chi connectivity index (χ1v) is 28.4. The van der Waals surface area contributed by atoms with Gasteiger partial charge in [0.05, 0.1) is 27.7 Å². The van der Waals surface area contributed by atoms with Crippen LogP contribution in [-0.4, -0.2) is 70.0 Å². The van der Waals surface area contributed by atoms with Crippen LogP contribution < -0.4 is 4.89 Å². The molecule has 0 bridgehead atoms. The molecule has 0 heterocycles. The molecule has 0 aliphatic rings. The Morgan fingerprint density at radius 3 is 1.17 bits per heavy atom. The van der Waals surface area contributed by atoms with Gasteiger partial charge in [0, 0.05) is 12.8 Å². The largest absolute Gasteiger partial charge is 0.756 e. The lowest BCUT2D eigenvalue weighted by Crippen LogP contribution is -2.37. The second kappa shape index (κ2) is 45.9. The van der Waals surface area contributed by atoms with E-state index in [4.69, 9.17) is 18.5 Å². The summed E-state index contributed by atoms with van der Waals surface area (Å²) in [6.45, 7) is 4.28. The Bertz CT molecular complexity index is 1080. The number of rotatable bonds is 50. The molecule has 10 heteroatoms. The Morgan fingerprint density at radius 2 is 0.810 bits per heavy atom. The highest BCUT2D eigenvalue weighted by molar-refractivity contribution is 7.45. The Balaban J connectivity index is 4.18. The highest BCUT2D eigenvalue weighted by Crippen LogP contribution is 2.38. The minimum atomic E-state index is -4.63. The van der Waals surface area contributed by atoms with Crippen molar-refractivity contribution in [3.05, 3.63) is 12.2 Å². The van der Waals surface area contributed by atoms with Crippen molar-refractivity contribution >= 4 is 19.8 Å². The number of phosphoric acid groups is 1. The first-order valence-electron chi connectivity index (χ1n) is 26.9. The van der Waals surface area contributed by atoms with Gasteiger partial charge in [0.15, 0.2) is 6.10 Å². The molecule has 1 unspecified atom stereocenters. The van der Waals surface area contributed by atoms with Crippen molar-refractivity contribution in [3.8, 4) is 0 Å². The van der Waals surface area contributed by atoms with Gasteiger partial charge < -0.3 is 27.9 Å². The van der Waals surface area contributed by atoms with Crippen molar-refractivity contribution in [1.29, 1.82) is 0 Å². The fraction of sp³-hybridized carbons (Fsp3) is 0.925. The van der Waals surface area contributed by atoms with Crippen LogP contribution in [0.2, 0.25) is 0 Å². The number of nitrogens with zero attached hydrogens (tertiary/aromatic N) is 1. The second-order valence-electron chi connectivity index (χ2n) is 19.6. The molecular weight excluding hydrogens is 810 g/mol. The van der Waals surface area contributed by atoms with Crippen LogP contribution in [0.15, 0.2) is 12.2 Å². The lowest BCUT2D eigenvalue weighted by atomic mass is 10.0. The number of carbonyl (C=O) groups is 2. The number of hydrogen-bond donors (Lipinski definition) is 0. The molecule has 0 aromatic rings. The molecule has 0 fully saturated rings. The Labute approximate surface area is 390 Å². The number of ether oxygens (including phenoxy) is 2. The van der Waals surface area contributed by atoms with E-state index in [1.54, 1.807) is 0 Å². The quantitative estimate of drug-likeness (QED) is 0.0195. The third-order valence-electron chi connectivity index (χ3n) is 12.0. The number of hydrogen-bond acceptors (Lipinski definition) is 8. The molecular formula is C53H104NO8P. The van der Waals surface area contributed by atoms with Crippen LogP contribution in [0.1, 0.15) is 264 Å². The molecule has 0 aromatic carbocycles. The average Bonchev–Trinajstić information content (AvgIpc) is 3.24. The predicted molar refractivity (Wildman–Crippen MR) is 264 cm³/mol.